The molecule has 1 saturated heterocycles. The predicted molar refractivity (Wildman–Crippen MR) is 52.9 cm³/mol. The highest BCUT2D eigenvalue weighted by atomic mass is 16.2. The van der Waals surface area contributed by atoms with E-state index in [-0.39, 0.29) is 11.8 Å². The van der Waals surface area contributed by atoms with Crippen molar-refractivity contribution in [3.05, 3.63) is 0 Å². The van der Waals surface area contributed by atoms with Crippen molar-refractivity contribution >= 4 is 11.8 Å². The Labute approximate surface area is 83.8 Å². The standard InChI is InChI=1S/C9H17N3O2/c1-8(13)2-3-11-4-6-12(7-5-11)9(10)14/h2-7H2,1H3,(H2,10,14). The van der Waals surface area contributed by atoms with Crippen LogP contribution in [0.3, 0.4) is 0 Å². The third kappa shape index (κ3) is 3.33. The van der Waals surface area contributed by atoms with E-state index in [0.29, 0.717) is 19.5 Å². The molecule has 0 aromatic rings. The summed E-state index contributed by atoms with van der Waals surface area (Å²) in [6.45, 7) is 5.37. The number of Topliss-reactive ketones (excluding diaryl/α,β-unsaturated/α-hetero) is 1. The topological polar surface area (TPSA) is 66.6 Å². The monoisotopic (exact) mass is 199 g/mol. The van der Waals surface area contributed by atoms with Gasteiger partial charge in [0.05, 0.1) is 0 Å². The number of carbonyl (C=O) groups excluding carboxylic acids is 2. The van der Waals surface area contributed by atoms with E-state index in [1.165, 1.54) is 0 Å². The molecule has 0 spiro atoms. The molecule has 1 fully saturated rings. The number of urea groups is 1. The second-order valence-electron chi connectivity index (χ2n) is 3.62. The zero-order valence-electron chi connectivity index (χ0n) is 8.53. The molecule has 0 atom stereocenters. The number of nitrogens with zero attached hydrogens (tertiary/aromatic N) is 2. The Balaban J connectivity index is 2.22. The third-order valence-corrected chi connectivity index (χ3v) is 2.46. The summed E-state index contributed by atoms with van der Waals surface area (Å²) in [5.74, 6) is 0.210. The summed E-state index contributed by atoms with van der Waals surface area (Å²) in [7, 11) is 0. The number of hydrogen-bond acceptors (Lipinski definition) is 3. The number of piperazine rings is 1. The maximum atomic E-state index is 10.8. The van der Waals surface area contributed by atoms with E-state index in [0.717, 1.165) is 19.6 Å². The van der Waals surface area contributed by atoms with Gasteiger partial charge in [0.15, 0.2) is 0 Å². The molecule has 0 aromatic carbocycles. The third-order valence-electron chi connectivity index (χ3n) is 2.46. The lowest BCUT2D eigenvalue weighted by atomic mass is 10.2. The molecule has 5 heteroatoms. The van der Waals surface area contributed by atoms with Gasteiger partial charge in [-0.05, 0) is 6.92 Å². The second-order valence-corrected chi connectivity index (χ2v) is 3.62. The summed E-state index contributed by atoms with van der Waals surface area (Å²) in [4.78, 5) is 25.4. The molecule has 2 N–H and O–H groups in total. The molecule has 0 bridgehead atoms. The highest BCUT2D eigenvalue weighted by Crippen LogP contribution is 2.01. The van der Waals surface area contributed by atoms with E-state index in [9.17, 15) is 9.59 Å². The van der Waals surface area contributed by atoms with Crippen molar-refractivity contribution in [3.63, 3.8) is 0 Å². The molecule has 1 rings (SSSR count). The second kappa shape index (κ2) is 4.95. The maximum absolute atomic E-state index is 10.8. The van der Waals surface area contributed by atoms with Gasteiger partial charge in [0, 0.05) is 39.1 Å². The molecular weight excluding hydrogens is 182 g/mol. The minimum atomic E-state index is -0.351. The first kappa shape index (κ1) is 11.0. The van der Waals surface area contributed by atoms with Crippen molar-refractivity contribution in [3.8, 4) is 0 Å². The van der Waals surface area contributed by atoms with Crippen LogP contribution in [0.5, 0.6) is 0 Å². The molecule has 0 unspecified atom stereocenters. The van der Waals surface area contributed by atoms with Crippen molar-refractivity contribution < 1.29 is 9.59 Å². The molecule has 14 heavy (non-hydrogen) atoms. The van der Waals surface area contributed by atoms with Crippen LogP contribution in [0, 0.1) is 0 Å². The van der Waals surface area contributed by atoms with Gasteiger partial charge in [0.2, 0.25) is 0 Å². The van der Waals surface area contributed by atoms with E-state index in [1.807, 2.05) is 0 Å². The fraction of sp³-hybridized carbons (Fsp3) is 0.778. The first-order chi connectivity index (χ1) is 6.59. The van der Waals surface area contributed by atoms with Crippen LogP contribution in [0.1, 0.15) is 13.3 Å². The largest absolute Gasteiger partial charge is 0.351 e. The molecule has 0 aliphatic carbocycles. The molecule has 0 radical (unpaired) electrons. The van der Waals surface area contributed by atoms with Crippen LogP contribution in [-0.4, -0.2) is 54.3 Å². The van der Waals surface area contributed by atoms with Gasteiger partial charge in [-0.25, -0.2) is 4.79 Å². The lowest BCUT2D eigenvalue weighted by Gasteiger charge is -2.33. The van der Waals surface area contributed by atoms with Crippen LogP contribution in [0.25, 0.3) is 0 Å². The van der Waals surface area contributed by atoms with Gasteiger partial charge >= 0.3 is 6.03 Å². The Bertz CT molecular complexity index is 222. The molecule has 5 nitrogen and oxygen atoms in total. The highest BCUT2D eigenvalue weighted by molar-refractivity contribution is 5.75. The van der Waals surface area contributed by atoms with E-state index < -0.39 is 0 Å². The van der Waals surface area contributed by atoms with Crippen molar-refractivity contribution in [1.82, 2.24) is 9.80 Å². The molecule has 1 aliphatic heterocycles. The zero-order valence-corrected chi connectivity index (χ0v) is 8.53. The summed E-state index contributed by atoms with van der Waals surface area (Å²) < 4.78 is 0. The number of amides is 2. The van der Waals surface area contributed by atoms with Crippen molar-refractivity contribution in [2.45, 2.75) is 13.3 Å². The van der Waals surface area contributed by atoms with Gasteiger partial charge in [0.1, 0.15) is 5.78 Å². The average Bonchev–Trinajstić information content (AvgIpc) is 2.15. The van der Waals surface area contributed by atoms with E-state index in [1.54, 1.807) is 11.8 Å². The first-order valence-corrected chi connectivity index (χ1v) is 4.86. The summed E-state index contributed by atoms with van der Waals surface area (Å²) in [5, 5.41) is 0. The Morgan fingerprint density at radius 3 is 2.21 bits per heavy atom. The minimum absolute atomic E-state index is 0.210. The quantitative estimate of drug-likeness (QED) is 0.676. The normalized spacial score (nSPS) is 18.2. The molecule has 2 amide bonds. The van der Waals surface area contributed by atoms with Gasteiger partial charge in [-0.3, -0.25) is 9.69 Å². The SMILES string of the molecule is CC(=O)CCN1CCN(C(N)=O)CC1. The lowest BCUT2D eigenvalue weighted by molar-refractivity contribution is -0.117. The van der Waals surface area contributed by atoms with Crippen LogP contribution in [0.15, 0.2) is 0 Å². The smallest absolute Gasteiger partial charge is 0.314 e. The zero-order chi connectivity index (χ0) is 10.6. The van der Waals surface area contributed by atoms with E-state index in [2.05, 4.69) is 4.90 Å². The van der Waals surface area contributed by atoms with E-state index >= 15 is 0 Å². The fourth-order valence-corrected chi connectivity index (χ4v) is 1.51. The van der Waals surface area contributed by atoms with Crippen LogP contribution < -0.4 is 5.73 Å². The Morgan fingerprint density at radius 2 is 1.79 bits per heavy atom. The number of primary amides is 1. The number of carbonyl (C=O) groups is 2. The average molecular weight is 199 g/mol. The molecule has 1 heterocycles. The lowest BCUT2D eigenvalue weighted by Crippen LogP contribution is -2.50. The Hall–Kier alpha value is -1.10. The van der Waals surface area contributed by atoms with Crippen LogP contribution in [-0.2, 0) is 4.79 Å². The van der Waals surface area contributed by atoms with Crippen LogP contribution in [0.4, 0.5) is 4.79 Å². The molecular formula is C9H17N3O2. The summed E-state index contributed by atoms with van der Waals surface area (Å²) in [5.41, 5.74) is 5.15. The minimum Gasteiger partial charge on any atom is -0.351 e. The van der Waals surface area contributed by atoms with Gasteiger partial charge < -0.3 is 10.6 Å². The maximum Gasteiger partial charge on any atom is 0.314 e. The Morgan fingerprint density at radius 1 is 1.21 bits per heavy atom. The van der Waals surface area contributed by atoms with Crippen LogP contribution >= 0.6 is 0 Å². The van der Waals surface area contributed by atoms with Crippen LogP contribution in [0.2, 0.25) is 0 Å². The summed E-state index contributed by atoms with van der Waals surface area (Å²) >= 11 is 0. The van der Waals surface area contributed by atoms with Gasteiger partial charge in [0.25, 0.3) is 0 Å². The van der Waals surface area contributed by atoms with Crippen molar-refractivity contribution in [2.24, 2.45) is 5.73 Å². The number of nitrogens with two attached hydrogens (primary N) is 1. The van der Waals surface area contributed by atoms with E-state index in [4.69, 9.17) is 5.73 Å². The number of hydrogen-bond donors (Lipinski definition) is 1. The molecule has 0 aromatic heterocycles. The molecule has 1 aliphatic rings. The Kier molecular flexibility index (Phi) is 3.88. The molecule has 80 valence electrons. The number of ketones is 1. The first-order valence-electron chi connectivity index (χ1n) is 4.86. The van der Waals surface area contributed by atoms with Crippen molar-refractivity contribution in [1.29, 1.82) is 0 Å². The van der Waals surface area contributed by atoms with Gasteiger partial charge in [-0.1, -0.05) is 0 Å². The predicted octanol–water partition coefficient (Wildman–Crippen LogP) is -0.338. The highest BCUT2D eigenvalue weighted by Gasteiger charge is 2.18. The van der Waals surface area contributed by atoms with Gasteiger partial charge in [-0.2, -0.15) is 0 Å². The molecule has 0 saturated carbocycles. The van der Waals surface area contributed by atoms with Gasteiger partial charge in [-0.15, -0.1) is 0 Å². The summed E-state index contributed by atoms with van der Waals surface area (Å²) in [6.07, 6.45) is 0.594. The van der Waals surface area contributed by atoms with Crippen molar-refractivity contribution in [2.75, 3.05) is 32.7 Å². The summed E-state index contributed by atoms with van der Waals surface area (Å²) in [6, 6.07) is -0.351. The number of rotatable bonds is 3. The fourth-order valence-electron chi connectivity index (χ4n) is 1.51.